The average molecular weight is 305 g/mol. The maximum Gasteiger partial charge on any atom is 0.242 e. The smallest absolute Gasteiger partial charge is 0.242 e. The molecule has 2 aliphatic rings. The van der Waals surface area contributed by atoms with Crippen LogP contribution in [0.3, 0.4) is 0 Å². The normalized spacial score (nSPS) is 22.2. The van der Waals surface area contributed by atoms with E-state index in [9.17, 15) is 9.59 Å². The number of ether oxygens (including phenoxy) is 1. The second kappa shape index (κ2) is 6.52. The zero-order valence-corrected chi connectivity index (χ0v) is 13.0. The first-order chi connectivity index (χ1) is 10.7. The summed E-state index contributed by atoms with van der Waals surface area (Å²) in [5, 5.41) is 2.80. The summed E-state index contributed by atoms with van der Waals surface area (Å²) in [6, 6.07) is 4.11. The number of amides is 2. The maximum absolute atomic E-state index is 12.4. The van der Waals surface area contributed by atoms with Crippen LogP contribution in [0.4, 0.5) is 0 Å². The topological polar surface area (TPSA) is 63.6 Å². The van der Waals surface area contributed by atoms with Crippen LogP contribution in [0.25, 0.3) is 0 Å². The number of nitrogens with zero attached hydrogens (tertiary/aromatic N) is 2. The van der Waals surface area contributed by atoms with Crippen molar-refractivity contribution in [3.05, 3.63) is 24.0 Å². The van der Waals surface area contributed by atoms with E-state index in [4.69, 9.17) is 4.74 Å². The summed E-state index contributed by atoms with van der Waals surface area (Å²) in [5.41, 5.74) is 1.15. The van der Waals surface area contributed by atoms with Gasteiger partial charge in [-0.15, -0.1) is 0 Å². The van der Waals surface area contributed by atoms with Crippen molar-refractivity contribution in [2.45, 2.75) is 32.4 Å². The minimum absolute atomic E-state index is 0.0136. The van der Waals surface area contributed by atoms with Gasteiger partial charge in [-0.3, -0.25) is 9.59 Å². The molecule has 2 amide bonds. The zero-order chi connectivity index (χ0) is 15.5. The highest BCUT2D eigenvalue weighted by Gasteiger charge is 2.28. The molecule has 1 saturated heterocycles. The number of aromatic nitrogens is 1. The quantitative estimate of drug-likeness (QED) is 0.904. The van der Waals surface area contributed by atoms with E-state index >= 15 is 0 Å². The predicted octanol–water partition coefficient (Wildman–Crippen LogP) is 0.934. The molecule has 0 saturated carbocycles. The molecule has 0 radical (unpaired) electrons. The maximum atomic E-state index is 12.4. The third kappa shape index (κ3) is 3.02. The van der Waals surface area contributed by atoms with E-state index in [-0.39, 0.29) is 30.3 Å². The van der Waals surface area contributed by atoms with E-state index in [1.54, 1.807) is 0 Å². The average Bonchev–Trinajstić information content (AvgIpc) is 3.03. The molecule has 1 N–H and O–H groups in total. The van der Waals surface area contributed by atoms with Gasteiger partial charge in [0.2, 0.25) is 11.8 Å². The number of fused-ring (bicyclic) bond motifs is 1. The highest BCUT2D eigenvalue weighted by Crippen LogP contribution is 2.25. The fourth-order valence-electron chi connectivity index (χ4n) is 3.29. The van der Waals surface area contributed by atoms with E-state index in [1.165, 1.54) is 0 Å². The van der Waals surface area contributed by atoms with Crippen molar-refractivity contribution in [2.24, 2.45) is 5.92 Å². The monoisotopic (exact) mass is 305 g/mol. The molecule has 1 fully saturated rings. The van der Waals surface area contributed by atoms with Gasteiger partial charge in [-0.2, -0.15) is 0 Å². The van der Waals surface area contributed by atoms with E-state index in [1.807, 2.05) is 30.2 Å². The first-order valence-electron chi connectivity index (χ1n) is 7.97. The van der Waals surface area contributed by atoms with Gasteiger partial charge in [0.1, 0.15) is 0 Å². The molecule has 0 spiro atoms. The Morgan fingerprint density at radius 3 is 2.86 bits per heavy atom. The van der Waals surface area contributed by atoms with Crippen LogP contribution >= 0.6 is 0 Å². The minimum Gasteiger partial charge on any atom is -0.381 e. The lowest BCUT2D eigenvalue weighted by atomic mass is 9.99. The summed E-state index contributed by atoms with van der Waals surface area (Å²) < 4.78 is 7.43. The van der Waals surface area contributed by atoms with Crippen LogP contribution in [0.15, 0.2) is 18.3 Å². The van der Waals surface area contributed by atoms with E-state index in [0.717, 1.165) is 25.1 Å². The molecule has 0 bridgehead atoms. The van der Waals surface area contributed by atoms with Gasteiger partial charge in [-0.1, -0.05) is 0 Å². The second-order valence-corrected chi connectivity index (χ2v) is 5.99. The van der Waals surface area contributed by atoms with Gasteiger partial charge >= 0.3 is 0 Å². The van der Waals surface area contributed by atoms with E-state index < -0.39 is 0 Å². The minimum atomic E-state index is -0.0234. The van der Waals surface area contributed by atoms with Crippen molar-refractivity contribution in [3.63, 3.8) is 0 Å². The van der Waals surface area contributed by atoms with Gasteiger partial charge in [0, 0.05) is 44.1 Å². The van der Waals surface area contributed by atoms with Crippen LogP contribution in [0.2, 0.25) is 0 Å². The molecule has 2 aliphatic heterocycles. The van der Waals surface area contributed by atoms with Crippen LogP contribution < -0.4 is 5.32 Å². The van der Waals surface area contributed by atoms with Crippen molar-refractivity contribution in [3.8, 4) is 0 Å². The van der Waals surface area contributed by atoms with Crippen LogP contribution in [0.1, 0.15) is 31.5 Å². The molecule has 3 heterocycles. The van der Waals surface area contributed by atoms with Gasteiger partial charge in [0.05, 0.1) is 12.6 Å². The largest absolute Gasteiger partial charge is 0.381 e. The Kier molecular flexibility index (Phi) is 4.47. The molecule has 1 aromatic heterocycles. The number of carbonyl (C=O) groups excluding carboxylic acids is 2. The van der Waals surface area contributed by atoms with Crippen LogP contribution in [-0.2, 0) is 20.9 Å². The van der Waals surface area contributed by atoms with Gasteiger partial charge in [-0.05, 0) is 31.9 Å². The number of carbonyl (C=O) groups is 2. The third-order valence-electron chi connectivity index (χ3n) is 4.67. The standard InChI is InChI=1S/C16H23N3O3/c1-12-14-3-2-6-18(14)7-8-19(12)15(20)11-17-16(21)13-4-9-22-10-5-13/h2-3,6,12-13H,4-5,7-11H2,1H3,(H,17,21). The first-order valence-corrected chi connectivity index (χ1v) is 7.97. The molecule has 120 valence electrons. The highest BCUT2D eigenvalue weighted by molar-refractivity contribution is 5.86. The summed E-state index contributed by atoms with van der Waals surface area (Å²) in [6.45, 7) is 4.88. The van der Waals surface area contributed by atoms with Crippen molar-refractivity contribution in [1.82, 2.24) is 14.8 Å². The molecule has 1 aromatic rings. The van der Waals surface area contributed by atoms with E-state index in [0.29, 0.717) is 19.8 Å². The predicted molar refractivity (Wildman–Crippen MR) is 81.1 cm³/mol. The van der Waals surface area contributed by atoms with Crippen LogP contribution in [0.5, 0.6) is 0 Å². The summed E-state index contributed by atoms with van der Waals surface area (Å²) in [4.78, 5) is 26.3. The lowest BCUT2D eigenvalue weighted by Gasteiger charge is -2.35. The first kappa shape index (κ1) is 15.1. The molecule has 3 rings (SSSR count). The van der Waals surface area contributed by atoms with Gasteiger partial charge < -0.3 is 19.5 Å². The number of hydrogen-bond donors (Lipinski definition) is 1. The van der Waals surface area contributed by atoms with Gasteiger partial charge in [-0.25, -0.2) is 0 Å². The Morgan fingerprint density at radius 1 is 1.32 bits per heavy atom. The molecule has 1 atom stereocenters. The van der Waals surface area contributed by atoms with Crippen LogP contribution in [0, 0.1) is 5.92 Å². The van der Waals surface area contributed by atoms with Crippen molar-refractivity contribution < 1.29 is 14.3 Å². The van der Waals surface area contributed by atoms with Crippen LogP contribution in [-0.4, -0.2) is 47.6 Å². The van der Waals surface area contributed by atoms with E-state index in [2.05, 4.69) is 9.88 Å². The Balaban J connectivity index is 1.53. The number of rotatable bonds is 3. The SMILES string of the molecule is CC1c2cccn2CCN1C(=O)CNC(=O)C1CCOCC1. The Hall–Kier alpha value is -1.82. The number of nitrogens with one attached hydrogen (secondary N) is 1. The molecule has 22 heavy (non-hydrogen) atoms. The Labute approximate surface area is 130 Å². The fourth-order valence-corrected chi connectivity index (χ4v) is 3.29. The lowest BCUT2D eigenvalue weighted by Crippen LogP contribution is -2.46. The molecular formula is C16H23N3O3. The summed E-state index contributed by atoms with van der Waals surface area (Å²) in [7, 11) is 0. The summed E-state index contributed by atoms with van der Waals surface area (Å²) in [6.07, 6.45) is 3.53. The third-order valence-corrected chi connectivity index (χ3v) is 4.67. The molecule has 6 nitrogen and oxygen atoms in total. The zero-order valence-electron chi connectivity index (χ0n) is 13.0. The van der Waals surface area contributed by atoms with Gasteiger partial charge in [0.15, 0.2) is 0 Å². The van der Waals surface area contributed by atoms with Crippen molar-refractivity contribution in [2.75, 3.05) is 26.3 Å². The number of hydrogen-bond acceptors (Lipinski definition) is 3. The highest BCUT2D eigenvalue weighted by atomic mass is 16.5. The molecule has 0 aliphatic carbocycles. The Bertz CT molecular complexity index is 549. The molecule has 0 aromatic carbocycles. The van der Waals surface area contributed by atoms with Crippen molar-refractivity contribution in [1.29, 1.82) is 0 Å². The summed E-state index contributed by atoms with van der Waals surface area (Å²) >= 11 is 0. The molecular weight excluding hydrogens is 282 g/mol. The van der Waals surface area contributed by atoms with Gasteiger partial charge in [0.25, 0.3) is 0 Å². The second-order valence-electron chi connectivity index (χ2n) is 5.99. The fraction of sp³-hybridized carbons (Fsp3) is 0.625. The summed E-state index contributed by atoms with van der Waals surface area (Å²) in [5.74, 6) is -0.0531. The molecule has 1 unspecified atom stereocenters. The van der Waals surface area contributed by atoms with Crippen molar-refractivity contribution >= 4 is 11.8 Å². The Morgan fingerprint density at radius 2 is 2.09 bits per heavy atom. The molecule has 6 heteroatoms. The lowest BCUT2D eigenvalue weighted by molar-refractivity contribution is -0.137.